The maximum Gasteiger partial charge on any atom is 0.326 e. The molecule has 1 aliphatic heterocycles. The van der Waals surface area contributed by atoms with Crippen LogP contribution in [0.1, 0.15) is 123 Å². The van der Waals surface area contributed by atoms with E-state index in [0.717, 1.165) is 0 Å². The summed E-state index contributed by atoms with van der Waals surface area (Å²) in [5.74, 6) is -7.54. The summed E-state index contributed by atoms with van der Waals surface area (Å²) in [6.07, 6.45) is 1.16. The van der Waals surface area contributed by atoms with Crippen molar-refractivity contribution in [2.75, 3.05) is 6.54 Å². The fourth-order valence-corrected chi connectivity index (χ4v) is 6.90. The Hall–Kier alpha value is -4.81. The molecule has 0 radical (unpaired) electrons. The van der Waals surface area contributed by atoms with Crippen LogP contribution in [0.4, 0.5) is 0 Å². The zero-order chi connectivity index (χ0) is 47.9. The largest absolute Gasteiger partial charge is 0.480 e. The maximum atomic E-state index is 13.8. The van der Waals surface area contributed by atoms with Gasteiger partial charge >= 0.3 is 5.97 Å². The van der Waals surface area contributed by atoms with Crippen molar-refractivity contribution in [3.05, 3.63) is 0 Å². The van der Waals surface area contributed by atoms with Crippen molar-refractivity contribution >= 4 is 53.2 Å². The molecule has 0 aromatic rings. The number of carbonyl (C=O) groups excluding carboxylic acids is 8. The Morgan fingerprint density at radius 1 is 0.516 bits per heavy atom. The standard InChI is InChI=1S/C43H77N9O10/c1-20(2)18-28(47-40(58)33(24(9)10)49-35(53)26(13)45-39(57)32(23(7)8)51-38(56)31(44)22(5)6)36(54)46-27(14)42(60)52-17-15-16-30(52)37(55)50-34(25(11)12)41(59)48-29(43(61)62)19-21(3)4/h20-34H,15-19,44H2,1-14H3,(H,45,57)(H,46,54)(H,47,58)(H,48,59)(H,49,53)(H,50,55)(H,51,56)(H,61,62)/t26-,27-,28-,29-,30-,31-,32-,33-,34-/m0/s1. The Morgan fingerprint density at radius 3 is 1.39 bits per heavy atom. The molecule has 1 rings (SSSR count). The van der Waals surface area contributed by atoms with Gasteiger partial charge in [-0.25, -0.2) is 4.79 Å². The number of nitrogens with two attached hydrogens (primary N) is 1. The Kier molecular flexibility index (Phi) is 22.6. The second-order valence-corrected chi connectivity index (χ2v) is 18.8. The highest BCUT2D eigenvalue weighted by Gasteiger charge is 2.40. The zero-order valence-electron chi connectivity index (χ0n) is 39.3. The van der Waals surface area contributed by atoms with Gasteiger partial charge in [0.1, 0.15) is 48.3 Å². The van der Waals surface area contributed by atoms with Gasteiger partial charge in [-0.1, -0.05) is 83.1 Å². The Balaban J connectivity index is 3.08. The molecule has 354 valence electrons. The number of rotatable bonds is 24. The van der Waals surface area contributed by atoms with E-state index in [0.29, 0.717) is 12.8 Å². The summed E-state index contributed by atoms with van der Waals surface area (Å²) in [4.78, 5) is 120. The number of aliphatic carboxylic acids is 1. The number of carboxylic acid groups (broad SMARTS) is 1. The summed E-state index contributed by atoms with van der Waals surface area (Å²) >= 11 is 0. The first-order valence-corrected chi connectivity index (χ1v) is 22.0. The van der Waals surface area contributed by atoms with Crippen molar-refractivity contribution in [1.82, 2.24) is 42.1 Å². The molecular weight excluding hydrogens is 803 g/mol. The number of carboxylic acids is 1. The van der Waals surface area contributed by atoms with Crippen LogP contribution in [0.25, 0.3) is 0 Å². The van der Waals surface area contributed by atoms with Gasteiger partial charge in [-0.3, -0.25) is 38.4 Å². The molecule has 1 fully saturated rings. The van der Waals surface area contributed by atoms with Crippen molar-refractivity contribution in [1.29, 1.82) is 0 Å². The monoisotopic (exact) mass is 880 g/mol. The van der Waals surface area contributed by atoms with Crippen molar-refractivity contribution in [3.63, 3.8) is 0 Å². The van der Waals surface area contributed by atoms with E-state index in [4.69, 9.17) is 5.73 Å². The molecule has 0 aliphatic carbocycles. The summed E-state index contributed by atoms with van der Waals surface area (Å²) in [6, 6.07) is -9.45. The van der Waals surface area contributed by atoms with Crippen LogP contribution in [0.2, 0.25) is 0 Å². The second kappa shape index (κ2) is 25.3. The molecule has 1 aliphatic rings. The van der Waals surface area contributed by atoms with Gasteiger partial charge in [-0.05, 0) is 75.0 Å². The van der Waals surface area contributed by atoms with Crippen LogP contribution in [-0.2, 0) is 43.2 Å². The first-order valence-electron chi connectivity index (χ1n) is 22.0. The molecule has 0 aromatic carbocycles. The fraction of sp³-hybridized carbons (Fsp3) is 0.791. The highest BCUT2D eigenvalue weighted by molar-refractivity contribution is 5.98. The number of hydrogen-bond acceptors (Lipinski definition) is 10. The number of amides is 8. The van der Waals surface area contributed by atoms with E-state index in [1.807, 2.05) is 27.7 Å². The third-order valence-electron chi connectivity index (χ3n) is 10.7. The molecule has 0 aromatic heterocycles. The Labute approximate surface area is 367 Å². The number of nitrogens with zero attached hydrogens (tertiary/aromatic N) is 1. The highest BCUT2D eigenvalue weighted by Crippen LogP contribution is 2.20. The number of carbonyl (C=O) groups is 9. The highest BCUT2D eigenvalue weighted by atomic mass is 16.4. The van der Waals surface area contributed by atoms with E-state index in [-0.39, 0.29) is 43.1 Å². The van der Waals surface area contributed by atoms with Gasteiger partial charge in [-0.15, -0.1) is 0 Å². The third-order valence-corrected chi connectivity index (χ3v) is 10.7. The van der Waals surface area contributed by atoms with Crippen molar-refractivity contribution in [2.45, 2.75) is 177 Å². The number of hydrogen-bond donors (Lipinski definition) is 9. The van der Waals surface area contributed by atoms with Crippen molar-refractivity contribution in [2.24, 2.45) is 41.2 Å². The molecule has 62 heavy (non-hydrogen) atoms. The maximum absolute atomic E-state index is 13.8. The minimum atomic E-state index is -1.19. The van der Waals surface area contributed by atoms with Gasteiger partial charge in [-0.2, -0.15) is 0 Å². The zero-order valence-corrected chi connectivity index (χ0v) is 39.3. The number of nitrogens with one attached hydrogen (secondary N) is 7. The normalized spacial score (nSPS) is 18.0. The molecule has 0 saturated carbocycles. The second-order valence-electron chi connectivity index (χ2n) is 18.8. The van der Waals surface area contributed by atoms with E-state index in [1.54, 1.807) is 55.4 Å². The van der Waals surface area contributed by atoms with Crippen molar-refractivity contribution in [3.8, 4) is 0 Å². The molecule has 0 spiro atoms. The van der Waals surface area contributed by atoms with Gasteiger partial charge in [0.2, 0.25) is 47.3 Å². The van der Waals surface area contributed by atoms with Gasteiger partial charge in [0.05, 0.1) is 6.04 Å². The molecule has 0 unspecified atom stereocenters. The molecule has 1 heterocycles. The minimum Gasteiger partial charge on any atom is -0.480 e. The van der Waals surface area contributed by atoms with Crippen LogP contribution in [0, 0.1) is 35.5 Å². The lowest BCUT2D eigenvalue weighted by molar-refractivity contribution is -0.144. The molecule has 10 N–H and O–H groups in total. The first kappa shape index (κ1) is 55.2. The van der Waals surface area contributed by atoms with Gasteiger partial charge in [0, 0.05) is 6.54 Å². The predicted molar refractivity (Wildman–Crippen MR) is 233 cm³/mol. The summed E-state index contributed by atoms with van der Waals surface area (Å²) in [6.45, 7) is 24.3. The first-order chi connectivity index (χ1) is 28.6. The van der Waals surface area contributed by atoms with Crippen LogP contribution in [0.5, 0.6) is 0 Å². The molecule has 1 saturated heterocycles. The Bertz CT molecular complexity index is 1580. The van der Waals surface area contributed by atoms with Gasteiger partial charge < -0.3 is 53.0 Å². The Morgan fingerprint density at radius 2 is 0.935 bits per heavy atom. The average Bonchev–Trinajstić information content (AvgIpc) is 3.65. The molecular formula is C43H77N9O10. The molecule has 19 nitrogen and oxygen atoms in total. The number of likely N-dealkylation sites (tertiary alicyclic amines) is 1. The smallest absolute Gasteiger partial charge is 0.326 e. The quantitative estimate of drug-likeness (QED) is 0.0645. The van der Waals surface area contributed by atoms with E-state index in [9.17, 15) is 48.3 Å². The van der Waals surface area contributed by atoms with Crippen LogP contribution in [0.15, 0.2) is 0 Å². The van der Waals surface area contributed by atoms with E-state index >= 15 is 0 Å². The van der Waals surface area contributed by atoms with Gasteiger partial charge in [0.15, 0.2) is 0 Å². The minimum absolute atomic E-state index is 0.00979. The lowest BCUT2D eigenvalue weighted by atomic mass is 9.99. The average molecular weight is 880 g/mol. The summed E-state index contributed by atoms with van der Waals surface area (Å²) in [5, 5.41) is 28.2. The molecule has 19 heteroatoms. The van der Waals surface area contributed by atoms with Crippen LogP contribution in [0.3, 0.4) is 0 Å². The fourth-order valence-electron chi connectivity index (χ4n) is 6.90. The lowest BCUT2D eigenvalue weighted by Crippen LogP contribution is -2.61. The third kappa shape index (κ3) is 17.2. The topological polar surface area (TPSA) is 287 Å². The van der Waals surface area contributed by atoms with Crippen molar-refractivity contribution < 1.29 is 48.3 Å². The summed E-state index contributed by atoms with van der Waals surface area (Å²) in [7, 11) is 0. The van der Waals surface area contributed by atoms with Crippen LogP contribution < -0.4 is 43.0 Å². The molecule has 8 amide bonds. The summed E-state index contributed by atoms with van der Waals surface area (Å²) in [5.41, 5.74) is 5.96. The summed E-state index contributed by atoms with van der Waals surface area (Å²) < 4.78 is 0. The van der Waals surface area contributed by atoms with E-state index in [1.165, 1.54) is 18.7 Å². The van der Waals surface area contributed by atoms with Gasteiger partial charge in [0.25, 0.3) is 0 Å². The van der Waals surface area contributed by atoms with E-state index < -0.39 is 119 Å². The SMILES string of the molecule is CC(C)C[C@H](NC(=O)[C@@H](NC(=O)[C@@H]1CCCN1C(=O)[C@H](C)NC(=O)[C@H](CC(C)C)NC(=O)[C@@H](NC(=O)[C@H](C)NC(=O)[C@@H](NC(=O)[C@@H](N)C(C)C)C(C)C)C(C)C)C(C)C)C(=O)O. The van der Waals surface area contributed by atoms with E-state index in [2.05, 4.69) is 37.2 Å². The predicted octanol–water partition coefficient (Wildman–Crippen LogP) is 0.539. The van der Waals surface area contributed by atoms with Crippen LogP contribution >= 0.6 is 0 Å². The molecule has 9 atom stereocenters. The molecule has 0 bridgehead atoms. The van der Waals surface area contributed by atoms with Crippen LogP contribution in [-0.4, -0.2) is 124 Å². The lowest BCUT2D eigenvalue weighted by Gasteiger charge is -2.31.